The van der Waals surface area contributed by atoms with E-state index in [4.69, 9.17) is 0 Å². The fourth-order valence-corrected chi connectivity index (χ4v) is 6.41. The molecule has 1 nitrogen and oxygen atoms in total. The number of nitrogens with zero attached hydrogens (tertiary/aromatic N) is 1. The molecule has 0 bridgehead atoms. The molecule has 0 aliphatic heterocycles. The first-order valence-electron chi connectivity index (χ1n) is 13.2. The van der Waals surface area contributed by atoms with Crippen molar-refractivity contribution < 1.29 is 0 Å². The fraction of sp³-hybridized carbons (Fsp3) is 0.167. The Balaban J connectivity index is 1.61. The van der Waals surface area contributed by atoms with E-state index in [1.165, 1.54) is 83.1 Å². The Kier molecular flexibility index (Phi) is 4.75. The van der Waals surface area contributed by atoms with Crippen LogP contribution in [0.4, 0.5) is 0 Å². The maximum Gasteiger partial charge on any atom is 0.0541 e. The molecule has 37 heavy (non-hydrogen) atoms. The van der Waals surface area contributed by atoms with Crippen molar-refractivity contribution in [3.05, 3.63) is 136 Å². The Morgan fingerprint density at radius 2 is 1.05 bits per heavy atom. The minimum Gasteiger partial charge on any atom is -0.309 e. The molecule has 6 aromatic rings. The fourth-order valence-electron chi connectivity index (χ4n) is 6.41. The van der Waals surface area contributed by atoms with Crippen molar-refractivity contribution in [2.75, 3.05) is 0 Å². The second-order valence-corrected chi connectivity index (χ2v) is 11.0. The number of aryl methyl sites for hydroxylation is 5. The number of fused-ring (bicyclic) bond motifs is 6. The number of benzene rings is 5. The third-order valence-electron chi connectivity index (χ3n) is 8.35. The van der Waals surface area contributed by atoms with Crippen LogP contribution >= 0.6 is 0 Å². The van der Waals surface area contributed by atoms with Crippen LogP contribution < -0.4 is 0 Å². The molecule has 1 atom stereocenters. The lowest BCUT2D eigenvalue weighted by atomic mass is 9.86. The van der Waals surface area contributed by atoms with Crippen LogP contribution in [0, 0.1) is 34.6 Å². The molecular formula is C36H31N. The van der Waals surface area contributed by atoms with Gasteiger partial charge in [0.2, 0.25) is 0 Å². The molecule has 5 aromatic carbocycles. The first-order valence-corrected chi connectivity index (χ1v) is 13.2. The van der Waals surface area contributed by atoms with Gasteiger partial charge in [-0.2, -0.15) is 0 Å². The van der Waals surface area contributed by atoms with Gasteiger partial charge in [-0.3, -0.25) is 0 Å². The van der Waals surface area contributed by atoms with E-state index >= 15 is 0 Å². The molecule has 0 saturated carbocycles. The van der Waals surface area contributed by atoms with Gasteiger partial charge in [0, 0.05) is 16.7 Å². The van der Waals surface area contributed by atoms with Crippen molar-refractivity contribution in [2.45, 2.75) is 40.5 Å². The highest BCUT2D eigenvalue weighted by Gasteiger charge is 2.32. The number of hydrogen-bond donors (Lipinski definition) is 0. The molecule has 1 aromatic heterocycles. The molecule has 7 rings (SSSR count). The summed E-state index contributed by atoms with van der Waals surface area (Å²) in [4.78, 5) is 0. The highest BCUT2D eigenvalue weighted by Crippen LogP contribution is 2.50. The van der Waals surface area contributed by atoms with Crippen molar-refractivity contribution in [3.63, 3.8) is 0 Å². The Bertz CT molecular complexity index is 1820. The van der Waals surface area contributed by atoms with Gasteiger partial charge in [-0.1, -0.05) is 77.4 Å². The molecule has 0 saturated heterocycles. The predicted molar refractivity (Wildman–Crippen MR) is 157 cm³/mol. The lowest BCUT2D eigenvalue weighted by Crippen LogP contribution is -2.08. The Morgan fingerprint density at radius 3 is 1.76 bits per heavy atom. The third kappa shape index (κ3) is 3.23. The molecule has 180 valence electrons. The van der Waals surface area contributed by atoms with Gasteiger partial charge >= 0.3 is 0 Å². The van der Waals surface area contributed by atoms with Gasteiger partial charge in [0.05, 0.1) is 16.7 Å². The molecule has 0 radical (unpaired) electrons. The molecular weight excluding hydrogens is 446 g/mol. The van der Waals surface area contributed by atoms with E-state index < -0.39 is 0 Å². The van der Waals surface area contributed by atoms with E-state index in [9.17, 15) is 0 Å². The SMILES string of the molecule is Cc1ccc2c(c1)-c1ccccc1C2c1cc(C)c(C)cc1-n1c2ccc(C)cc2c2cc(C)ccc21. The van der Waals surface area contributed by atoms with Gasteiger partial charge in [0.15, 0.2) is 0 Å². The first-order chi connectivity index (χ1) is 17.9. The van der Waals surface area contributed by atoms with Crippen molar-refractivity contribution in [3.8, 4) is 16.8 Å². The van der Waals surface area contributed by atoms with Gasteiger partial charge in [-0.15, -0.1) is 0 Å². The number of aromatic nitrogens is 1. The van der Waals surface area contributed by atoms with Crippen molar-refractivity contribution in [1.82, 2.24) is 4.57 Å². The molecule has 1 aliphatic rings. The summed E-state index contributed by atoms with van der Waals surface area (Å²) >= 11 is 0. The first kappa shape index (κ1) is 22.1. The minimum atomic E-state index is 0.199. The van der Waals surface area contributed by atoms with E-state index in [0.717, 1.165) is 0 Å². The molecule has 1 heterocycles. The van der Waals surface area contributed by atoms with E-state index in [1.54, 1.807) is 0 Å². The molecule has 0 N–H and O–H groups in total. The summed E-state index contributed by atoms with van der Waals surface area (Å²) < 4.78 is 2.51. The van der Waals surface area contributed by atoms with Crippen LogP contribution in [0.3, 0.4) is 0 Å². The zero-order valence-corrected chi connectivity index (χ0v) is 22.2. The van der Waals surface area contributed by atoms with Crippen LogP contribution in [0.5, 0.6) is 0 Å². The largest absolute Gasteiger partial charge is 0.309 e. The van der Waals surface area contributed by atoms with Gasteiger partial charge in [0.25, 0.3) is 0 Å². The smallest absolute Gasteiger partial charge is 0.0541 e. The summed E-state index contributed by atoms with van der Waals surface area (Å²) in [6.07, 6.45) is 0. The molecule has 1 aliphatic carbocycles. The van der Waals surface area contributed by atoms with Gasteiger partial charge < -0.3 is 4.57 Å². The Labute approximate surface area is 219 Å². The lowest BCUT2D eigenvalue weighted by Gasteiger charge is -2.22. The monoisotopic (exact) mass is 477 g/mol. The van der Waals surface area contributed by atoms with E-state index in [2.05, 4.69) is 130 Å². The molecule has 0 amide bonds. The van der Waals surface area contributed by atoms with E-state index in [-0.39, 0.29) is 5.92 Å². The maximum absolute atomic E-state index is 2.51. The highest BCUT2D eigenvalue weighted by atomic mass is 15.0. The van der Waals surface area contributed by atoms with Crippen molar-refractivity contribution >= 4 is 21.8 Å². The summed E-state index contributed by atoms with van der Waals surface area (Å²) in [7, 11) is 0. The number of rotatable bonds is 2. The summed E-state index contributed by atoms with van der Waals surface area (Å²) in [5.74, 6) is 0.199. The highest BCUT2D eigenvalue weighted by molar-refractivity contribution is 6.10. The van der Waals surface area contributed by atoms with Gasteiger partial charge in [-0.25, -0.2) is 0 Å². The van der Waals surface area contributed by atoms with E-state index in [0.29, 0.717) is 0 Å². The van der Waals surface area contributed by atoms with Crippen LogP contribution in [-0.4, -0.2) is 4.57 Å². The zero-order valence-electron chi connectivity index (χ0n) is 22.2. The zero-order chi connectivity index (χ0) is 25.4. The summed E-state index contributed by atoms with van der Waals surface area (Å²) in [6, 6.07) is 34.6. The molecule has 0 fully saturated rings. The predicted octanol–water partition coefficient (Wildman–Crippen LogP) is 9.49. The van der Waals surface area contributed by atoms with Crippen LogP contribution in [0.1, 0.15) is 50.4 Å². The summed E-state index contributed by atoms with van der Waals surface area (Å²) in [5, 5.41) is 2.65. The molecule has 1 heteroatoms. The van der Waals surface area contributed by atoms with Gasteiger partial charge in [0.1, 0.15) is 0 Å². The van der Waals surface area contributed by atoms with Crippen LogP contribution in [-0.2, 0) is 0 Å². The number of hydrogen-bond acceptors (Lipinski definition) is 0. The quantitative estimate of drug-likeness (QED) is 0.234. The van der Waals surface area contributed by atoms with Crippen LogP contribution in [0.15, 0.2) is 91.0 Å². The average Bonchev–Trinajstić information content (AvgIpc) is 3.37. The Morgan fingerprint density at radius 1 is 0.486 bits per heavy atom. The normalized spacial score (nSPS) is 14.4. The van der Waals surface area contributed by atoms with Gasteiger partial charge in [-0.05, 0) is 104 Å². The molecule has 1 unspecified atom stereocenters. The van der Waals surface area contributed by atoms with Crippen molar-refractivity contribution in [1.29, 1.82) is 0 Å². The van der Waals surface area contributed by atoms with Crippen LogP contribution in [0.25, 0.3) is 38.6 Å². The topological polar surface area (TPSA) is 4.93 Å². The lowest BCUT2D eigenvalue weighted by molar-refractivity contribution is 0.974. The third-order valence-corrected chi connectivity index (χ3v) is 8.35. The Hall–Kier alpha value is -4.10. The second kappa shape index (κ2) is 7.95. The average molecular weight is 478 g/mol. The summed E-state index contributed by atoms with van der Waals surface area (Å²) in [6.45, 7) is 11.1. The molecule has 0 spiro atoms. The summed E-state index contributed by atoms with van der Waals surface area (Å²) in [5.41, 5.74) is 17.3. The maximum atomic E-state index is 2.51. The van der Waals surface area contributed by atoms with E-state index in [1.807, 2.05) is 0 Å². The second-order valence-electron chi connectivity index (χ2n) is 11.0. The van der Waals surface area contributed by atoms with Crippen molar-refractivity contribution in [2.24, 2.45) is 0 Å². The standard InChI is InChI=1S/C36H31N/c1-21-10-13-28-29(16-21)26-8-6-7-9-27(26)36(28)32-19-24(4)25(5)20-35(32)37-33-14-11-22(2)17-30(33)31-18-23(3)12-15-34(31)37/h6-20,36H,1-5H3. The minimum absolute atomic E-state index is 0.199. The van der Waals surface area contributed by atoms with Crippen LogP contribution in [0.2, 0.25) is 0 Å².